The lowest BCUT2D eigenvalue weighted by atomic mass is 10.1. The van der Waals surface area contributed by atoms with Crippen molar-refractivity contribution in [3.05, 3.63) is 29.0 Å². The third-order valence-electron chi connectivity index (χ3n) is 5.79. The smallest absolute Gasteiger partial charge is 0.296 e. The van der Waals surface area contributed by atoms with E-state index in [1.807, 2.05) is 13.8 Å². The van der Waals surface area contributed by atoms with Crippen LogP contribution >= 0.6 is 0 Å². The SMILES string of the molecule is Cc1nc(C(=O)N2CCCc3[nH]ncc32)nc(N2CC[C@@H](N(C)C)C2)c1C. The Hall–Kier alpha value is -2.48. The summed E-state index contributed by atoms with van der Waals surface area (Å²) in [5.41, 5.74) is 3.77. The number of nitrogens with one attached hydrogen (secondary N) is 1. The summed E-state index contributed by atoms with van der Waals surface area (Å²) >= 11 is 0. The van der Waals surface area contributed by atoms with Crippen molar-refractivity contribution >= 4 is 17.4 Å². The predicted octanol–water partition coefficient (Wildman–Crippen LogP) is 1.55. The molecule has 27 heavy (non-hydrogen) atoms. The van der Waals surface area contributed by atoms with Crippen LogP contribution in [0.5, 0.6) is 0 Å². The first-order valence-electron chi connectivity index (χ1n) is 9.56. The predicted molar refractivity (Wildman–Crippen MR) is 104 cm³/mol. The van der Waals surface area contributed by atoms with Gasteiger partial charge >= 0.3 is 0 Å². The van der Waals surface area contributed by atoms with Crippen LogP contribution < -0.4 is 9.80 Å². The van der Waals surface area contributed by atoms with E-state index < -0.39 is 0 Å². The van der Waals surface area contributed by atoms with Crippen LogP contribution in [0.4, 0.5) is 11.5 Å². The molecule has 0 unspecified atom stereocenters. The molecule has 2 aromatic heterocycles. The molecule has 1 atom stereocenters. The number of amides is 1. The molecular weight excluding hydrogens is 342 g/mol. The molecule has 144 valence electrons. The van der Waals surface area contributed by atoms with E-state index >= 15 is 0 Å². The van der Waals surface area contributed by atoms with Gasteiger partial charge in [-0.3, -0.25) is 9.89 Å². The molecule has 8 heteroatoms. The molecule has 2 aromatic rings. The number of hydrogen-bond donors (Lipinski definition) is 1. The standard InChI is InChI=1S/C19H27N7O/c1-12-13(2)21-17(22-18(12)25-9-7-14(11-25)24(3)4)19(27)26-8-5-6-15-16(26)10-20-23-15/h10,14H,5-9,11H2,1-4H3,(H,20,23)/t14-/m1/s1. The molecule has 4 rings (SSSR count). The molecule has 1 N–H and O–H groups in total. The monoisotopic (exact) mass is 369 g/mol. The van der Waals surface area contributed by atoms with Crippen molar-refractivity contribution in [2.75, 3.05) is 43.5 Å². The average molecular weight is 369 g/mol. The Kier molecular flexibility index (Phi) is 4.59. The van der Waals surface area contributed by atoms with E-state index in [1.165, 1.54) is 0 Å². The van der Waals surface area contributed by atoms with Gasteiger partial charge in [0, 0.05) is 36.9 Å². The van der Waals surface area contributed by atoms with Gasteiger partial charge in [-0.15, -0.1) is 0 Å². The van der Waals surface area contributed by atoms with Gasteiger partial charge in [-0.05, 0) is 47.2 Å². The van der Waals surface area contributed by atoms with Gasteiger partial charge in [0.05, 0.1) is 17.6 Å². The number of nitrogens with zero attached hydrogens (tertiary/aromatic N) is 6. The average Bonchev–Trinajstić information content (AvgIpc) is 3.32. The number of fused-ring (bicyclic) bond motifs is 1. The Morgan fingerprint density at radius 3 is 2.81 bits per heavy atom. The maximum Gasteiger partial charge on any atom is 0.296 e. The number of rotatable bonds is 3. The minimum atomic E-state index is -0.148. The third-order valence-corrected chi connectivity index (χ3v) is 5.79. The Balaban J connectivity index is 1.65. The van der Waals surface area contributed by atoms with E-state index in [1.54, 1.807) is 11.1 Å². The van der Waals surface area contributed by atoms with Crippen molar-refractivity contribution in [1.82, 2.24) is 25.1 Å². The first kappa shape index (κ1) is 17.9. The summed E-state index contributed by atoms with van der Waals surface area (Å²) in [6.45, 7) is 6.54. The fourth-order valence-corrected chi connectivity index (χ4v) is 3.96. The molecule has 1 saturated heterocycles. The van der Waals surface area contributed by atoms with Crippen molar-refractivity contribution in [2.45, 2.75) is 39.2 Å². The Morgan fingerprint density at radius 1 is 1.26 bits per heavy atom. The van der Waals surface area contributed by atoms with Crippen LogP contribution in [0.25, 0.3) is 0 Å². The van der Waals surface area contributed by atoms with Crippen LogP contribution in [0.1, 0.15) is 40.4 Å². The second kappa shape index (κ2) is 6.92. The number of carbonyl (C=O) groups is 1. The number of aryl methyl sites for hydroxylation is 2. The number of H-pyrrole nitrogens is 1. The van der Waals surface area contributed by atoms with Crippen LogP contribution in [0.2, 0.25) is 0 Å². The van der Waals surface area contributed by atoms with Crippen molar-refractivity contribution < 1.29 is 4.79 Å². The topological polar surface area (TPSA) is 81.2 Å². The molecule has 0 bridgehead atoms. The van der Waals surface area contributed by atoms with Crippen molar-refractivity contribution in [3.8, 4) is 0 Å². The molecule has 1 amide bonds. The molecule has 4 heterocycles. The summed E-state index contributed by atoms with van der Waals surface area (Å²) in [5.74, 6) is 1.01. The van der Waals surface area contributed by atoms with Gasteiger partial charge in [0.15, 0.2) is 0 Å². The van der Waals surface area contributed by atoms with Gasteiger partial charge in [-0.2, -0.15) is 5.10 Å². The van der Waals surface area contributed by atoms with Crippen molar-refractivity contribution in [2.24, 2.45) is 0 Å². The first-order valence-corrected chi connectivity index (χ1v) is 9.56. The molecule has 2 aliphatic rings. The number of aromatic nitrogens is 4. The number of hydrogen-bond acceptors (Lipinski definition) is 6. The zero-order valence-corrected chi connectivity index (χ0v) is 16.5. The van der Waals surface area contributed by atoms with Gasteiger partial charge in [0.25, 0.3) is 5.91 Å². The summed E-state index contributed by atoms with van der Waals surface area (Å²) in [4.78, 5) is 28.7. The van der Waals surface area contributed by atoms with Crippen molar-refractivity contribution in [1.29, 1.82) is 0 Å². The highest BCUT2D eigenvalue weighted by Gasteiger charge is 2.30. The highest BCUT2D eigenvalue weighted by Crippen LogP contribution is 2.28. The normalized spacial score (nSPS) is 19.7. The quantitative estimate of drug-likeness (QED) is 0.884. The molecule has 1 fully saturated rings. The number of anilines is 2. The molecule has 2 aliphatic heterocycles. The van der Waals surface area contributed by atoms with Crippen LogP contribution in [0.15, 0.2) is 6.20 Å². The van der Waals surface area contributed by atoms with Crippen LogP contribution in [0, 0.1) is 13.8 Å². The van der Waals surface area contributed by atoms with Gasteiger partial charge in [0.2, 0.25) is 5.82 Å². The second-order valence-electron chi connectivity index (χ2n) is 7.73. The lowest BCUT2D eigenvalue weighted by molar-refractivity contribution is 0.0975. The minimum Gasteiger partial charge on any atom is -0.355 e. The fourth-order valence-electron chi connectivity index (χ4n) is 3.96. The van der Waals surface area contributed by atoms with E-state index in [4.69, 9.17) is 4.98 Å². The van der Waals surface area contributed by atoms with E-state index in [-0.39, 0.29) is 11.7 Å². The second-order valence-corrected chi connectivity index (χ2v) is 7.73. The Morgan fingerprint density at radius 2 is 2.07 bits per heavy atom. The number of likely N-dealkylation sites (N-methyl/N-ethyl adjacent to an activating group) is 1. The Labute approximate surface area is 159 Å². The molecule has 0 aliphatic carbocycles. The van der Waals surface area contributed by atoms with E-state index in [0.717, 1.165) is 60.8 Å². The van der Waals surface area contributed by atoms with E-state index in [0.29, 0.717) is 12.6 Å². The van der Waals surface area contributed by atoms with Crippen LogP contribution in [-0.4, -0.2) is 70.7 Å². The molecule has 8 nitrogen and oxygen atoms in total. The molecule has 0 saturated carbocycles. The van der Waals surface area contributed by atoms with Crippen LogP contribution in [0.3, 0.4) is 0 Å². The zero-order valence-electron chi connectivity index (χ0n) is 16.5. The van der Waals surface area contributed by atoms with Gasteiger partial charge < -0.3 is 14.7 Å². The first-order chi connectivity index (χ1) is 13.0. The largest absolute Gasteiger partial charge is 0.355 e. The fraction of sp³-hybridized carbons (Fsp3) is 0.579. The number of carbonyl (C=O) groups excluding carboxylic acids is 1. The third kappa shape index (κ3) is 3.18. The van der Waals surface area contributed by atoms with Gasteiger partial charge in [-0.1, -0.05) is 0 Å². The minimum absolute atomic E-state index is 0.148. The van der Waals surface area contributed by atoms with Crippen LogP contribution in [-0.2, 0) is 6.42 Å². The lowest BCUT2D eigenvalue weighted by Gasteiger charge is -2.27. The highest BCUT2D eigenvalue weighted by molar-refractivity contribution is 6.04. The van der Waals surface area contributed by atoms with Gasteiger partial charge in [0.1, 0.15) is 5.82 Å². The highest BCUT2D eigenvalue weighted by atomic mass is 16.2. The molecule has 0 spiro atoms. The zero-order chi connectivity index (χ0) is 19.1. The summed E-state index contributed by atoms with van der Waals surface area (Å²) in [6, 6.07) is 0.509. The Bertz CT molecular complexity index is 860. The molecule has 0 radical (unpaired) electrons. The molecular formula is C19H27N7O. The summed E-state index contributed by atoms with van der Waals surface area (Å²) < 4.78 is 0. The summed E-state index contributed by atoms with van der Waals surface area (Å²) in [5, 5.41) is 7.08. The van der Waals surface area contributed by atoms with Crippen molar-refractivity contribution in [3.63, 3.8) is 0 Å². The van der Waals surface area contributed by atoms with Gasteiger partial charge in [-0.25, -0.2) is 9.97 Å². The van der Waals surface area contributed by atoms with E-state index in [2.05, 4.69) is 39.1 Å². The lowest BCUT2D eigenvalue weighted by Crippen LogP contribution is -2.37. The summed E-state index contributed by atoms with van der Waals surface area (Å²) in [7, 11) is 4.22. The maximum atomic E-state index is 13.2. The molecule has 0 aromatic carbocycles. The number of aromatic amines is 1. The van der Waals surface area contributed by atoms with E-state index in [9.17, 15) is 4.79 Å². The maximum absolute atomic E-state index is 13.2. The summed E-state index contributed by atoms with van der Waals surface area (Å²) in [6.07, 6.45) is 4.65.